The lowest BCUT2D eigenvalue weighted by molar-refractivity contribution is 0.340. The molecule has 0 aliphatic rings. The Kier molecular flexibility index (Phi) is 4.82. The third kappa shape index (κ3) is 5.24. The number of nitrogens with one attached hydrogen (secondary N) is 1. The van der Waals surface area contributed by atoms with E-state index in [-0.39, 0.29) is 18.9 Å². The fourth-order valence-electron chi connectivity index (χ4n) is 1.10. The minimum absolute atomic E-state index is 0.0133. The number of hydrogen-bond donors (Lipinski definition) is 2. The van der Waals surface area contributed by atoms with Gasteiger partial charge in [0.05, 0.1) is 12.3 Å². The second kappa shape index (κ2) is 6.13. The topological polar surface area (TPSA) is 81.4 Å². The summed E-state index contributed by atoms with van der Waals surface area (Å²) < 4.78 is 30.2. The van der Waals surface area contributed by atoms with Crippen molar-refractivity contribution in [3.05, 3.63) is 24.3 Å². The van der Waals surface area contributed by atoms with Crippen molar-refractivity contribution in [3.8, 4) is 18.1 Å². The van der Waals surface area contributed by atoms with Gasteiger partial charge in [-0.2, -0.15) is 0 Å². The summed E-state index contributed by atoms with van der Waals surface area (Å²) >= 11 is 0. The largest absolute Gasteiger partial charge is 0.492 e. The van der Waals surface area contributed by atoms with Crippen LogP contribution in [0.1, 0.15) is 0 Å². The van der Waals surface area contributed by atoms with E-state index in [1.807, 2.05) is 0 Å². The first-order chi connectivity index (χ1) is 8.03. The van der Waals surface area contributed by atoms with Gasteiger partial charge in [-0.15, -0.1) is 6.42 Å². The molecular weight excluding hydrogens is 240 g/mol. The van der Waals surface area contributed by atoms with E-state index >= 15 is 0 Å². The monoisotopic (exact) mass is 254 g/mol. The first-order valence-corrected chi connectivity index (χ1v) is 6.58. The summed E-state index contributed by atoms with van der Waals surface area (Å²) in [6, 6.07) is 6.78. The molecule has 0 amide bonds. The molecule has 0 saturated carbocycles. The molecule has 0 aliphatic carbocycles. The molecule has 1 aromatic carbocycles. The fourth-order valence-corrected chi connectivity index (χ4v) is 1.85. The van der Waals surface area contributed by atoms with Gasteiger partial charge in [-0.1, -0.05) is 12.0 Å². The molecule has 0 heterocycles. The summed E-state index contributed by atoms with van der Waals surface area (Å²) in [4.78, 5) is 0. The Balaban J connectivity index is 2.40. The number of terminal acetylenes is 1. The van der Waals surface area contributed by atoms with Crippen LogP contribution in [0.15, 0.2) is 24.3 Å². The highest BCUT2D eigenvalue weighted by Crippen LogP contribution is 2.14. The van der Waals surface area contributed by atoms with Crippen LogP contribution in [0, 0.1) is 12.3 Å². The van der Waals surface area contributed by atoms with E-state index in [1.54, 1.807) is 24.3 Å². The zero-order chi connectivity index (χ0) is 12.7. The number of nitrogen functional groups attached to an aromatic ring is 1. The van der Waals surface area contributed by atoms with Gasteiger partial charge in [0.25, 0.3) is 0 Å². The molecule has 6 heteroatoms. The Morgan fingerprint density at radius 2 is 2.24 bits per heavy atom. The van der Waals surface area contributed by atoms with Gasteiger partial charge in [0.2, 0.25) is 10.0 Å². The lowest BCUT2D eigenvalue weighted by atomic mass is 10.3. The normalized spacial score (nSPS) is 10.8. The summed E-state index contributed by atoms with van der Waals surface area (Å²) in [5.74, 6) is 2.58. The van der Waals surface area contributed by atoms with Gasteiger partial charge in [0.15, 0.2) is 0 Å². The van der Waals surface area contributed by atoms with Crippen LogP contribution >= 0.6 is 0 Å². The second-order valence-electron chi connectivity index (χ2n) is 3.27. The number of rotatable bonds is 6. The van der Waals surface area contributed by atoms with Gasteiger partial charge >= 0.3 is 0 Å². The van der Waals surface area contributed by atoms with E-state index in [0.717, 1.165) is 0 Å². The van der Waals surface area contributed by atoms with Crippen molar-refractivity contribution >= 4 is 15.7 Å². The highest BCUT2D eigenvalue weighted by Gasteiger charge is 2.08. The molecule has 3 N–H and O–H groups in total. The molecule has 1 rings (SSSR count). The molecular formula is C11H14N2O3S. The zero-order valence-corrected chi connectivity index (χ0v) is 10.0. The SMILES string of the molecule is C#CCNS(=O)(=O)CCOc1cccc(N)c1. The van der Waals surface area contributed by atoms with Crippen LogP contribution in [0.25, 0.3) is 0 Å². The Morgan fingerprint density at radius 1 is 1.47 bits per heavy atom. The van der Waals surface area contributed by atoms with Crippen LogP contribution in [0.5, 0.6) is 5.75 Å². The average Bonchev–Trinajstić information content (AvgIpc) is 2.26. The van der Waals surface area contributed by atoms with E-state index in [0.29, 0.717) is 11.4 Å². The van der Waals surface area contributed by atoms with Crippen molar-refractivity contribution in [1.82, 2.24) is 4.72 Å². The van der Waals surface area contributed by atoms with Gasteiger partial charge in [0.1, 0.15) is 12.4 Å². The molecule has 0 aromatic heterocycles. The van der Waals surface area contributed by atoms with Gasteiger partial charge in [0, 0.05) is 11.8 Å². The lowest BCUT2D eigenvalue weighted by Crippen LogP contribution is -2.29. The van der Waals surface area contributed by atoms with E-state index in [1.165, 1.54) is 0 Å². The Morgan fingerprint density at radius 3 is 2.88 bits per heavy atom. The summed E-state index contributed by atoms with van der Waals surface area (Å²) in [5.41, 5.74) is 6.11. The van der Waals surface area contributed by atoms with Crippen molar-refractivity contribution in [1.29, 1.82) is 0 Å². The number of ether oxygens (including phenoxy) is 1. The minimum atomic E-state index is -3.37. The molecule has 0 aliphatic heterocycles. The standard InChI is InChI=1S/C11H14N2O3S/c1-2-6-13-17(14,15)8-7-16-11-5-3-4-10(12)9-11/h1,3-5,9,13H,6-8,12H2. The van der Waals surface area contributed by atoms with Crippen LogP contribution in [-0.2, 0) is 10.0 Å². The van der Waals surface area contributed by atoms with Gasteiger partial charge in [-0.05, 0) is 12.1 Å². The molecule has 1 aromatic rings. The molecule has 0 unspecified atom stereocenters. The van der Waals surface area contributed by atoms with Gasteiger partial charge < -0.3 is 10.5 Å². The molecule has 0 saturated heterocycles. The van der Waals surface area contributed by atoms with Crippen molar-refractivity contribution in [2.45, 2.75) is 0 Å². The van der Waals surface area contributed by atoms with Crippen molar-refractivity contribution < 1.29 is 13.2 Å². The molecule has 5 nitrogen and oxygen atoms in total. The van der Waals surface area contributed by atoms with Crippen LogP contribution < -0.4 is 15.2 Å². The molecule has 0 radical (unpaired) electrons. The lowest BCUT2D eigenvalue weighted by Gasteiger charge is -2.07. The Bertz CT molecular complexity index is 506. The second-order valence-corrected chi connectivity index (χ2v) is 5.19. The third-order valence-electron chi connectivity index (χ3n) is 1.87. The predicted molar refractivity (Wildman–Crippen MR) is 67.0 cm³/mol. The first-order valence-electron chi connectivity index (χ1n) is 4.92. The molecule has 0 bridgehead atoms. The number of benzene rings is 1. The van der Waals surface area contributed by atoms with Crippen molar-refractivity contribution in [3.63, 3.8) is 0 Å². The van der Waals surface area contributed by atoms with E-state index in [9.17, 15) is 8.42 Å². The van der Waals surface area contributed by atoms with Crippen molar-refractivity contribution in [2.75, 3.05) is 24.6 Å². The maximum Gasteiger partial charge on any atom is 0.215 e. The van der Waals surface area contributed by atoms with Crippen LogP contribution in [-0.4, -0.2) is 27.3 Å². The number of anilines is 1. The molecule has 0 spiro atoms. The highest BCUT2D eigenvalue weighted by molar-refractivity contribution is 7.89. The third-order valence-corrected chi connectivity index (χ3v) is 3.16. The van der Waals surface area contributed by atoms with Gasteiger partial charge in [-0.3, -0.25) is 0 Å². The maximum absolute atomic E-state index is 11.3. The van der Waals surface area contributed by atoms with Crippen LogP contribution in [0.2, 0.25) is 0 Å². The maximum atomic E-state index is 11.3. The van der Waals surface area contributed by atoms with E-state index in [2.05, 4.69) is 10.6 Å². The number of hydrogen-bond acceptors (Lipinski definition) is 4. The summed E-state index contributed by atoms with van der Waals surface area (Å²) in [6.45, 7) is 0.0317. The summed E-state index contributed by atoms with van der Waals surface area (Å²) in [5, 5.41) is 0. The quantitative estimate of drug-likeness (QED) is 0.561. The zero-order valence-electron chi connectivity index (χ0n) is 9.22. The molecule has 17 heavy (non-hydrogen) atoms. The molecule has 0 fully saturated rings. The predicted octanol–water partition coefficient (Wildman–Crippen LogP) is 0.200. The Hall–Kier alpha value is -1.71. The molecule has 92 valence electrons. The summed E-state index contributed by atoms with van der Waals surface area (Å²) in [6.07, 6.45) is 4.95. The van der Waals surface area contributed by atoms with Crippen LogP contribution in [0.3, 0.4) is 0 Å². The summed E-state index contributed by atoms with van der Waals surface area (Å²) in [7, 11) is -3.37. The first kappa shape index (κ1) is 13.4. The Labute approximate surface area is 101 Å². The fraction of sp³-hybridized carbons (Fsp3) is 0.273. The van der Waals surface area contributed by atoms with Crippen molar-refractivity contribution in [2.24, 2.45) is 0 Å². The number of nitrogens with two attached hydrogens (primary N) is 1. The average molecular weight is 254 g/mol. The van der Waals surface area contributed by atoms with E-state index < -0.39 is 10.0 Å². The smallest absolute Gasteiger partial charge is 0.215 e. The van der Waals surface area contributed by atoms with Crippen LogP contribution in [0.4, 0.5) is 5.69 Å². The highest BCUT2D eigenvalue weighted by atomic mass is 32.2. The van der Waals surface area contributed by atoms with E-state index in [4.69, 9.17) is 16.9 Å². The minimum Gasteiger partial charge on any atom is -0.492 e. The number of sulfonamides is 1. The molecule has 0 atom stereocenters. The van der Waals surface area contributed by atoms with Gasteiger partial charge in [-0.25, -0.2) is 13.1 Å².